The lowest BCUT2D eigenvalue weighted by molar-refractivity contribution is 1.42. The number of anilines is 2. The third-order valence-corrected chi connectivity index (χ3v) is 3.62. The van der Waals surface area contributed by atoms with Crippen LogP contribution in [0, 0.1) is 0 Å². The molecule has 0 aliphatic rings. The first kappa shape index (κ1) is 11.9. The predicted octanol–water partition coefficient (Wildman–Crippen LogP) is 3.63. The second-order valence-electron chi connectivity index (χ2n) is 3.74. The van der Waals surface area contributed by atoms with Crippen molar-refractivity contribution in [3.8, 4) is 11.1 Å². The van der Waals surface area contributed by atoms with Gasteiger partial charge in [-0.1, -0.05) is 37.3 Å². The number of rotatable bonds is 3. The Kier molecular flexibility index (Phi) is 3.59. The Morgan fingerprint density at radius 3 is 2.24 bits per heavy atom. The van der Waals surface area contributed by atoms with Crippen LogP contribution in [0.5, 0.6) is 0 Å². The fraction of sp³-hybridized carbons (Fsp3) is 0.143. The molecule has 0 radical (unpaired) electrons. The predicted molar refractivity (Wildman–Crippen MR) is 77.1 cm³/mol. The van der Waals surface area contributed by atoms with Gasteiger partial charge in [0.15, 0.2) is 0 Å². The van der Waals surface area contributed by atoms with E-state index in [0.717, 1.165) is 33.2 Å². The molecule has 4 N–H and O–H groups in total. The van der Waals surface area contributed by atoms with Crippen LogP contribution in [0.15, 0.2) is 47.4 Å². The Labute approximate surface area is 106 Å². The van der Waals surface area contributed by atoms with Crippen molar-refractivity contribution in [1.82, 2.24) is 0 Å². The molecule has 0 saturated heterocycles. The smallest absolute Gasteiger partial charge is 0.0458 e. The van der Waals surface area contributed by atoms with E-state index < -0.39 is 0 Å². The zero-order valence-electron chi connectivity index (χ0n) is 9.81. The first-order valence-corrected chi connectivity index (χ1v) is 6.58. The van der Waals surface area contributed by atoms with Crippen molar-refractivity contribution in [2.45, 2.75) is 11.8 Å². The van der Waals surface area contributed by atoms with Crippen LogP contribution in [0.1, 0.15) is 6.92 Å². The molecule has 0 aliphatic heterocycles. The molecular formula is C14H16N2S. The number of benzene rings is 2. The summed E-state index contributed by atoms with van der Waals surface area (Å²) in [6, 6.07) is 13.9. The lowest BCUT2D eigenvalue weighted by Gasteiger charge is -2.12. The molecule has 0 amide bonds. The van der Waals surface area contributed by atoms with Gasteiger partial charge in [0.25, 0.3) is 0 Å². The molecule has 0 atom stereocenters. The first-order valence-electron chi connectivity index (χ1n) is 5.60. The highest BCUT2D eigenvalue weighted by molar-refractivity contribution is 7.99. The summed E-state index contributed by atoms with van der Waals surface area (Å²) in [5.41, 5.74) is 15.8. The van der Waals surface area contributed by atoms with Crippen molar-refractivity contribution >= 4 is 23.1 Å². The van der Waals surface area contributed by atoms with E-state index in [1.54, 1.807) is 11.8 Å². The maximum Gasteiger partial charge on any atom is 0.0458 e. The van der Waals surface area contributed by atoms with Gasteiger partial charge in [-0.25, -0.2) is 0 Å². The lowest BCUT2D eigenvalue weighted by atomic mass is 10.0. The summed E-state index contributed by atoms with van der Waals surface area (Å²) in [4.78, 5) is 1.12. The average molecular weight is 244 g/mol. The van der Waals surface area contributed by atoms with Crippen LogP contribution < -0.4 is 11.5 Å². The van der Waals surface area contributed by atoms with E-state index in [-0.39, 0.29) is 0 Å². The summed E-state index contributed by atoms with van der Waals surface area (Å²) in [6.45, 7) is 2.12. The molecule has 0 fully saturated rings. The summed E-state index contributed by atoms with van der Waals surface area (Å²) < 4.78 is 0. The standard InChI is InChI=1S/C14H16N2S/c1-2-17-14-11(7-5-9-13(14)16)10-6-3-4-8-12(10)15/h3-9H,2,15-16H2,1H3. The number of nitrogens with two attached hydrogens (primary N) is 2. The van der Waals surface area contributed by atoms with Crippen molar-refractivity contribution < 1.29 is 0 Å². The fourth-order valence-electron chi connectivity index (χ4n) is 1.81. The van der Waals surface area contributed by atoms with E-state index in [9.17, 15) is 0 Å². The number of hydrogen-bond donors (Lipinski definition) is 2. The Bertz CT molecular complexity index is 523. The van der Waals surface area contributed by atoms with Crippen LogP contribution in [-0.2, 0) is 0 Å². The van der Waals surface area contributed by atoms with Gasteiger partial charge in [0.1, 0.15) is 0 Å². The van der Waals surface area contributed by atoms with Gasteiger partial charge in [-0.15, -0.1) is 11.8 Å². The molecule has 0 aromatic heterocycles. The molecule has 2 nitrogen and oxygen atoms in total. The summed E-state index contributed by atoms with van der Waals surface area (Å²) >= 11 is 1.75. The minimum atomic E-state index is 0.788. The quantitative estimate of drug-likeness (QED) is 0.640. The minimum Gasteiger partial charge on any atom is -0.398 e. The molecule has 17 heavy (non-hydrogen) atoms. The lowest BCUT2D eigenvalue weighted by Crippen LogP contribution is -1.95. The molecule has 0 spiro atoms. The van der Waals surface area contributed by atoms with Crippen LogP contribution >= 0.6 is 11.8 Å². The Balaban J connectivity index is 2.59. The highest BCUT2D eigenvalue weighted by Gasteiger charge is 2.10. The molecule has 3 heteroatoms. The Morgan fingerprint density at radius 1 is 0.882 bits per heavy atom. The van der Waals surface area contributed by atoms with E-state index in [0.29, 0.717) is 0 Å². The molecule has 2 rings (SSSR count). The van der Waals surface area contributed by atoms with Crippen molar-refractivity contribution in [3.05, 3.63) is 42.5 Å². The summed E-state index contributed by atoms with van der Waals surface area (Å²) in [5, 5.41) is 0. The van der Waals surface area contributed by atoms with Crippen LogP contribution in [0.3, 0.4) is 0 Å². The van der Waals surface area contributed by atoms with Crippen LogP contribution in [-0.4, -0.2) is 5.75 Å². The molecule has 2 aromatic carbocycles. The van der Waals surface area contributed by atoms with Gasteiger partial charge in [0.05, 0.1) is 0 Å². The Hall–Kier alpha value is -1.61. The molecular weight excluding hydrogens is 228 g/mol. The second kappa shape index (κ2) is 5.15. The first-order chi connectivity index (χ1) is 8.24. The van der Waals surface area contributed by atoms with Gasteiger partial charge >= 0.3 is 0 Å². The van der Waals surface area contributed by atoms with E-state index in [2.05, 4.69) is 13.0 Å². The van der Waals surface area contributed by atoms with Gasteiger partial charge in [0, 0.05) is 21.8 Å². The fourth-order valence-corrected chi connectivity index (χ4v) is 2.67. The zero-order chi connectivity index (χ0) is 12.3. The number of para-hydroxylation sites is 1. The van der Waals surface area contributed by atoms with Crippen molar-refractivity contribution in [2.24, 2.45) is 0 Å². The summed E-state index contributed by atoms with van der Waals surface area (Å²) in [7, 11) is 0. The highest BCUT2D eigenvalue weighted by atomic mass is 32.2. The Morgan fingerprint density at radius 2 is 1.53 bits per heavy atom. The third kappa shape index (κ3) is 2.39. The largest absolute Gasteiger partial charge is 0.398 e. The molecule has 0 heterocycles. The van der Waals surface area contributed by atoms with E-state index in [4.69, 9.17) is 11.5 Å². The maximum atomic E-state index is 6.03. The minimum absolute atomic E-state index is 0.788. The zero-order valence-corrected chi connectivity index (χ0v) is 10.6. The average Bonchev–Trinajstić information content (AvgIpc) is 2.33. The second-order valence-corrected chi connectivity index (χ2v) is 5.02. The van der Waals surface area contributed by atoms with Gasteiger partial charge < -0.3 is 11.5 Å². The molecule has 0 saturated carbocycles. The maximum absolute atomic E-state index is 6.03. The number of nitrogen functional groups attached to an aromatic ring is 2. The van der Waals surface area contributed by atoms with Gasteiger partial charge in [0.2, 0.25) is 0 Å². The summed E-state index contributed by atoms with van der Waals surface area (Å²) in [5.74, 6) is 0.994. The molecule has 0 aliphatic carbocycles. The normalized spacial score (nSPS) is 10.4. The van der Waals surface area contributed by atoms with Crippen LogP contribution in [0.2, 0.25) is 0 Å². The van der Waals surface area contributed by atoms with Crippen molar-refractivity contribution in [2.75, 3.05) is 17.2 Å². The highest BCUT2D eigenvalue weighted by Crippen LogP contribution is 2.37. The van der Waals surface area contributed by atoms with Crippen molar-refractivity contribution in [1.29, 1.82) is 0 Å². The topological polar surface area (TPSA) is 52.0 Å². The van der Waals surface area contributed by atoms with E-state index in [1.807, 2.05) is 36.4 Å². The van der Waals surface area contributed by atoms with Crippen molar-refractivity contribution in [3.63, 3.8) is 0 Å². The third-order valence-electron chi connectivity index (χ3n) is 2.59. The van der Waals surface area contributed by atoms with Crippen LogP contribution in [0.25, 0.3) is 11.1 Å². The number of hydrogen-bond acceptors (Lipinski definition) is 3. The van der Waals surface area contributed by atoms with Gasteiger partial charge in [-0.05, 0) is 23.4 Å². The van der Waals surface area contributed by atoms with E-state index in [1.165, 1.54) is 0 Å². The molecule has 0 bridgehead atoms. The van der Waals surface area contributed by atoms with Gasteiger partial charge in [-0.3, -0.25) is 0 Å². The SMILES string of the molecule is CCSc1c(N)cccc1-c1ccccc1N. The molecule has 0 unspecified atom stereocenters. The van der Waals surface area contributed by atoms with E-state index >= 15 is 0 Å². The number of thioether (sulfide) groups is 1. The summed E-state index contributed by atoms with van der Waals surface area (Å²) in [6.07, 6.45) is 0. The van der Waals surface area contributed by atoms with Gasteiger partial charge in [-0.2, -0.15) is 0 Å². The van der Waals surface area contributed by atoms with Crippen LogP contribution in [0.4, 0.5) is 11.4 Å². The molecule has 2 aromatic rings. The molecule has 88 valence electrons. The monoisotopic (exact) mass is 244 g/mol.